The maximum absolute atomic E-state index is 12.7. The molecule has 0 fully saturated rings. The minimum absolute atomic E-state index is 0.0113. The normalized spacial score (nSPS) is 13.0. The van der Waals surface area contributed by atoms with E-state index in [1.165, 1.54) is 19.2 Å². The smallest absolute Gasteiger partial charge is 0.335 e. The Morgan fingerprint density at radius 1 is 1.27 bits per heavy atom. The van der Waals surface area contributed by atoms with Crippen LogP contribution < -0.4 is 14.8 Å². The number of anilines is 1. The molecule has 2 aromatic carbocycles. The van der Waals surface area contributed by atoms with Crippen LogP contribution in [0.3, 0.4) is 0 Å². The quantitative estimate of drug-likeness (QED) is 0.495. The highest BCUT2D eigenvalue weighted by atomic mass is 32.2. The molecule has 140 valence electrons. The Morgan fingerprint density at radius 3 is 2.54 bits per heavy atom. The van der Waals surface area contributed by atoms with Crippen LogP contribution in [0.2, 0.25) is 0 Å². The molecule has 0 aromatic heterocycles. The predicted octanol–water partition coefficient (Wildman–Crippen LogP) is 3.93. The summed E-state index contributed by atoms with van der Waals surface area (Å²) in [6, 6.07) is 11.5. The molecule has 4 N–H and O–H groups in total. The first-order valence-corrected chi connectivity index (χ1v) is 9.80. The molecule has 0 aliphatic rings. The summed E-state index contributed by atoms with van der Waals surface area (Å²) in [5.74, 6) is -0.476. The summed E-state index contributed by atoms with van der Waals surface area (Å²) in [6.07, 6.45) is 1.83. The number of hydrogen-bond acceptors (Lipinski definition) is 5. The minimum Gasteiger partial charge on any atom is -0.478 e. The topological polar surface area (TPSA) is 112 Å². The summed E-state index contributed by atoms with van der Waals surface area (Å²) >= 11 is 0. The molecule has 0 heterocycles. The largest absolute Gasteiger partial charge is 0.478 e. The molecule has 0 bridgehead atoms. The summed E-state index contributed by atoms with van der Waals surface area (Å²) in [4.78, 5) is 11.5. The van der Waals surface area contributed by atoms with Crippen LogP contribution in [0.15, 0.2) is 47.4 Å². The fourth-order valence-corrected chi connectivity index (χ4v) is 3.22. The Morgan fingerprint density at radius 2 is 1.96 bits per heavy atom. The average Bonchev–Trinajstić information content (AvgIpc) is 2.63. The number of nitrogens with one attached hydrogen (secondary N) is 3. The van der Waals surface area contributed by atoms with Crippen LogP contribution in [-0.2, 0) is 9.92 Å². The standard InChI is InChI=1S/C18H23N3O4S/c1-3-4-10-21-15-11-13(18(22)23)12-16(26(19,24)20-2)17(15)25-14-8-6-5-7-9-14/h5-9,11-12,21H,3-4,10H2,1-2H3,(H,22,23)(H2,19,20,24). The highest BCUT2D eigenvalue weighted by Crippen LogP contribution is 2.37. The van der Waals surface area contributed by atoms with Crippen molar-refractivity contribution in [2.75, 3.05) is 18.9 Å². The lowest BCUT2D eigenvalue weighted by atomic mass is 10.1. The van der Waals surface area contributed by atoms with E-state index in [2.05, 4.69) is 10.0 Å². The molecule has 0 radical (unpaired) electrons. The zero-order valence-corrected chi connectivity index (χ0v) is 15.6. The van der Waals surface area contributed by atoms with Crippen molar-refractivity contribution in [3.63, 3.8) is 0 Å². The Labute approximate surface area is 153 Å². The number of rotatable bonds is 9. The van der Waals surface area contributed by atoms with Gasteiger partial charge in [0.1, 0.15) is 20.6 Å². The van der Waals surface area contributed by atoms with E-state index in [0.717, 1.165) is 12.8 Å². The third-order valence-corrected chi connectivity index (χ3v) is 5.21. The van der Waals surface area contributed by atoms with Crippen molar-refractivity contribution in [1.82, 2.24) is 4.72 Å². The second-order valence-corrected chi connectivity index (χ2v) is 7.57. The van der Waals surface area contributed by atoms with E-state index < -0.39 is 15.9 Å². The molecule has 26 heavy (non-hydrogen) atoms. The van der Waals surface area contributed by atoms with Gasteiger partial charge < -0.3 is 15.2 Å². The van der Waals surface area contributed by atoms with E-state index in [0.29, 0.717) is 18.0 Å². The van der Waals surface area contributed by atoms with Gasteiger partial charge in [0.15, 0.2) is 5.75 Å². The molecule has 0 aliphatic heterocycles. The van der Waals surface area contributed by atoms with E-state index in [9.17, 15) is 14.1 Å². The van der Waals surface area contributed by atoms with E-state index in [-0.39, 0.29) is 16.2 Å². The SMILES string of the molecule is CCCCNc1cc(C(=O)O)cc(S(=N)(=O)NC)c1Oc1ccccc1. The van der Waals surface area contributed by atoms with Gasteiger partial charge in [-0.1, -0.05) is 31.5 Å². The molecular weight excluding hydrogens is 354 g/mol. The van der Waals surface area contributed by atoms with Gasteiger partial charge in [0, 0.05) is 6.54 Å². The van der Waals surface area contributed by atoms with Crippen molar-refractivity contribution in [3.05, 3.63) is 48.0 Å². The number of para-hydroxylation sites is 1. The highest BCUT2D eigenvalue weighted by molar-refractivity contribution is 7.90. The monoisotopic (exact) mass is 377 g/mol. The number of carbonyl (C=O) groups is 1. The van der Waals surface area contributed by atoms with Crippen LogP contribution in [0.4, 0.5) is 5.69 Å². The fourth-order valence-electron chi connectivity index (χ4n) is 2.29. The zero-order valence-electron chi connectivity index (χ0n) is 14.7. The maximum Gasteiger partial charge on any atom is 0.335 e. The Balaban J connectivity index is 2.63. The van der Waals surface area contributed by atoms with Crippen LogP contribution in [0.1, 0.15) is 30.1 Å². The number of carboxylic acids is 1. The predicted molar refractivity (Wildman–Crippen MR) is 102 cm³/mol. The summed E-state index contributed by atoms with van der Waals surface area (Å²) < 4.78 is 29.1. The van der Waals surface area contributed by atoms with Crippen molar-refractivity contribution < 1.29 is 18.8 Å². The first-order valence-electron chi connectivity index (χ1n) is 8.24. The lowest BCUT2D eigenvalue weighted by Crippen LogP contribution is -2.19. The Bertz CT molecular complexity index is 868. The van der Waals surface area contributed by atoms with Gasteiger partial charge in [-0.25, -0.2) is 18.5 Å². The van der Waals surface area contributed by atoms with Gasteiger partial charge >= 0.3 is 5.97 Å². The highest BCUT2D eigenvalue weighted by Gasteiger charge is 2.22. The lowest BCUT2D eigenvalue weighted by Gasteiger charge is -2.19. The number of unbranched alkanes of at least 4 members (excludes halogenated alkanes) is 1. The van der Waals surface area contributed by atoms with Crippen molar-refractivity contribution in [3.8, 4) is 11.5 Å². The Hall–Kier alpha value is -2.58. The number of hydrogen-bond donors (Lipinski definition) is 4. The Kier molecular flexibility index (Phi) is 6.59. The first kappa shape index (κ1) is 19.7. The molecule has 1 atom stereocenters. The van der Waals surface area contributed by atoms with E-state index >= 15 is 0 Å². The number of benzene rings is 2. The molecule has 8 heteroatoms. The molecule has 7 nitrogen and oxygen atoms in total. The minimum atomic E-state index is -3.44. The number of aromatic carboxylic acids is 1. The third-order valence-electron chi connectivity index (χ3n) is 3.71. The molecular formula is C18H23N3O4S. The van der Waals surface area contributed by atoms with Gasteiger partial charge in [-0.3, -0.25) is 0 Å². The molecule has 2 rings (SSSR count). The van der Waals surface area contributed by atoms with Crippen LogP contribution in [0, 0.1) is 4.78 Å². The molecule has 0 amide bonds. The number of ether oxygens (including phenoxy) is 1. The van der Waals surface area contributed by atoms with Gasteiger partial charge in [-0.05, 0) is 37.7 Å². The van der Waals surface area contributed by atoms with Crippen LogP contribution in [0.25, 0.3) is 0 Å². The zero-order chi connectivity index (χ0) is 19.2. The van der Waals surface area contributed by atoms with E-state index in [1.54, 1.807) is 24.3 Å². The van der Waals surface area contributed by atoms with Crippen LogP contribution in [-0.4, -0.2) is 28.9 Å². The first-order chi connectivity index (χ1) is 12.4. The van der Waals surface area contributed by atoms with Gasteiger partial charge in [0.25, 0.3) is 0 Å². The van der Waals surface area contributed by atoms with Gasteiger partial charge in [0.05, 0.1) is 11.3 Å². The van der Waals surface area contributed by atoms with Crippen molar-refractivity contribution >= 4 is 21.6 Å². The molecule has 0 aliphatic carbocycles. The summed E-state index contributed by atoms with van der Waals surface area (Å²) in [7, 11) is -2.05. The average molecular weight is 377 g/mol. The van der Waals surface area contributed by atoms with Gasteiger partial charge in [0.2, 0.25) is 0 Å². The molecule has 2 aromatic rings. The summed E-state index contributed by atoms with van der Waals surface area (Å²) in [6.45, 7) is 2.64. The van der Waals surface area contributed by atoms with Crippen LogP contribution in [0.5, 0.6) is 11.5 Å². The lowest BCUT2D eigenvalue weighted by molar-refractivity contribution is 0.0696. The van der Waals surface area contributed by atoms with Crippen molar-refractivity contribution in [2.24, 2.45) is 0 Å². The summed E-state index contributed by atoms with van der Waals surface area (Å²) in [5, 5.41) is 12.5. The molecule has 0 spiro atoms. The third kappa shape index (κ3) is 4.74. The number of carboxylic acid groups (broad SMARTS) is 1. The van der Waals surface area contributed by atoms with Crippen molar-refractivity contribution in [2.45, 2.75) is 24.7 Å². The molecule has 0 saturated heterocycles. The molecule has 0 saturated carbocycles. The van der Waals surface area contributed by atoms with Crippen LogP contribution >= 0.6 is 0 Å². The second-order valence-electron chi connectivity index (χ2n) is 5.61. The van der Waals surface area contributed by atoms with E-state index in [4.69, 9.17) is 9.52 Å². The van der Waals surface area contributed by atoms with Crippen molar-refractivity contribution in [1.29, 1.82) is 4.78 Å². The van der Waals surface area contributed by atoms with E-state index in [1.807, 2.05) is 13.0 Å². The maximum atomic E-state index is 12.7. The summed E-state index contributed by atoms with van der Waals surface area (Å²) in [5.41, 5.74) is 0.335. The van der Waals surface area contributed by atoms with Gasteiger partial charge in [-0.15, -0.1) is 0 Å². The fraction of sp³-hybridized carbons (Fsp3) is 0.278. The van der Waals surface area contributed by atoms with Gasteiger partial charge in [-0.2, -0.15) is 0 Å². The second kappa shape index (κ2) is 8.68. The molecule has 1 unspecified atom stereocenters.